The minimum Gasteiger partial charge on any atom is -0.273 e. The first-order valence-corrected chi connectivity index (χ1v) is 9.36. The van der Waals surface area contributed by atoms with E-state index >= 15 is 0 Å². The van der Waals surface area contributed by atoms with Crippen LogP contribution in [0.15, 0.2) is 41.5 Å². The van der Waals surface area contributed by atoms with Crippen LogP contribution >= 0.6 is 0 Å². The summed E-state index contributed by atoms with van der Waals surface area (Å²) in [5.41, 5.74) is 3.69. The van der Waals surface area contributed by atoms with E-state index in [2.05, 4.69) is 17.5 Å². The Morgan fingerprint density at radius 2 is 1.58 bits per heavy atom. The van der Waals surface area contributed by atoms with Crippen molar-refractivity contribution in [1.29, 1.82) is 0 Å². The molecule has 1 aromatic carbocycles. The molecule has 0 atom stereocenters. The van der Waals surface area contributed by atoms with Crippen LogP contribution in [0.5, 0.6) is 0 Å². The monoisotopic (exact) mass is 328 g/mol. The lowest BCUT2D eigenvalue weighted by atomic mass is 10.1. The number of nitrogens with one attached hydrogen (secondary N) is 1. The minimum absolute atomic E-state index is 0.00214. The number of nitrogens with zero attached hydrogens (tertiary/aromatic N) is 1. The predicted molar refractivity (Wildman–Crippen MR) is 104 cm³/mol. The third-order valence-electron chi connectivity index (χ3n) is 3.95. The largest absolute Gasteiger partial charge is 0.273 e. The van der Waals surface area contributed by atoms with Crippen LogP contribution in [0, 0.1) is 0 Å². The predicted octanol–water partition coefficient (Wildman–Crippen LogP) is 5.72. The van der Waals surface area contributed by atoms with Crippen LogP contribution < -0.4 is 5.43 Å². The highest BCUT2D eigenvalue weighted by Gasteiger charge is 1.98. The molecule has 1 rings (SSSR count). The van der Waals surface area contributed by atoms with E-state index in [4.69, 9.17) is 0 Å². The summed E-state index contributed by atoms with van der Waals surface area (Å²) >= 11 is 0. The van der Waals surface area contributed by atoms with Crippen LogP contribution in [0.2, 0.25) is 0 Å². The van der Waals surface area contributed by atoms with Crippen molar-refractivity contribution in [2.24, 2.45) is 5.10 Å². The van der Waals surface area contributed by atoms with Crippen molar-refractivity contribution < 1.29 is 4.79 Å². The third kappa shape index (κ3) is 11.6. The Hall–Kier alpha value is -1.90. The molecule has 0 spiro atoms. The molecular formula is C21H32N2O. The lowest BCUT2D eigenvalue weighted by molar-refractivity contribution is -0.121. The fraction of sp³-hybridized carbons (Fsp3) is 0.524. The van der Waals surface area contributed by atoms with E-state index in [1.165, 1.54) is 44.9 Å². The first-order valence-electron chi connectivity index (χ1n) is 9.36. The van der Waals surface area contributed by atoms with E-state index in [0.29, 0.717) is 6.42 Å². The maximum absolute atomic E-state index is 11.6. The van der Waals surface area contributed by atoms with E-state index < -0.39 is 0 Å². The normalized spacial score (nSPS) is 11.4. The lowest BCUT2D eigenvalue weighted by Gasteiger charge is -2.01. The zero-order valence-corrected chi connectivity index (χ0v) is 15.0. The average Bonchev–Trinajstić information content (AvgIpc) is 2.61. The van der Waals surface area contributed by atoms with Crippen LogP contribution in [0.1, 0.15) is 76.7 Å². The van der Waals surface area contributed by atoms with Crippen molar-refractivity contribution >= 4 is 18.2 Å². The summed E-state index contributed by atoms with van der Waals surface area (Å²) in [7, 11) is 0. The molecule has 0 aliphatic heterocycles. The van der Waals surface area contributed by atoms with Gasteiger partial charge in [0.25, 0.3) is 0 Å². The van der Waals surface area contributed by atoms with Crippen molar-refractivity contribution in [2.45, 2.75) is 71.1 Å². The van der Waals surface area contributed by atoms with Crippen LogP contribution in [-0.2, 0) is 4.79 Å². The van der Waals surface area contributed by atoms with Crippen molar-refractivity contribution in [1.82, 2.24) is 5.43 Å². The second-order valence-corrected chi connectivity index (χ2v) is 6.16. The van der Waals surface area contributed by atoms with Gasteiger partial charge in [-0.2, -0.15) is 5.10 Å². The van der Waals surface area contributed by atoms with E-state index in [1.54, 1.807) is 6.21 Å². The number of hydrogen-bond acceptors (Lipinski definition) is 2. The van der Waals surface area contributed by atoms with Crippen molar-refractivity contribution in [3.05, 3.63) is 42.0 Å². The lowest BCUT2D eigenvalue weighted by Crippen LogP contribution is -2.16. The first kappa shape index (κ1) is 20.1. The maximum Gasteiger partial charge on any atom is 0.240 e. The Kier molecular flexibility index (Phi) is 12.3. The molecule has 0 saturated carbocycles. The Morgan fingerprint density at radius 1 is 0.958 bits per heavy atom. The fourth-order valence-electron chi connectivity index (χ4n) is 2.52. The zero-order chi connectivity index (χ0) is 17.3. The highest BCUT2D eigenvalue weighted by molar-refractivity contribution is 5.81. The van der Waals surface area contributed by atoms with E-state index in [9.17, 15) is 4.79 Å². The second kappa shape index (κ2) is 14.7. The van der Waals surface area contributed by atoms with E-state index in [1.807, 2.05) is 42.5 Å². The van der Waals surface area contributed by atoms with Gasteiger partial charge in [-0.05, 0) is 18.1 Å². The molecule has 0 aliphatic carbocycles. The fourth-order valence-corrected chi connectivity index (χ4v) is 2.52. The van der Waals surface area contributed by atoms with Gasteiger partial charge in [-0.1, -0.05) is 94.7 Å². The number of carbonyl (C=O) groups is 1. The molecule has 1 N–H and O–H groups in total. The second-order valence-electron chi connectivity index (χ2n) is 6.16. The Morgan fingerprint density at radius 3 is 2.25 bits per heavy atom. The molecule has 0 aromatic heterocycles. The summed E-state index contributed by atoms with van der Waals surface area (Å²) in [4.78, 5) is 11.6. The van der Waals surface area contributed by atoms with E-state index in [0.717, 1.165) is 18.4 Å². The Bertz CT molecular complexity index is 480. The van der Waals surface area contributed by atoms with Gasteiger partial charge in [-0.15, -0.1) is 0 Å². The molecule has 24 heavy (non-hydrogen) atoms. The van der Waals surface area contributed by atoms with Gasteiger partial charge >= 0.3 is 0 Å². The highest BCUT2D eigenvalue weighted by Crippen LogP contribution is 2.10. The summed E-state index contributed by atoms with van der Waals surface area (Å²) in [6.45, 7) is 2.24. The van der Waals surface area contributed by atoms with Crippen LogP contribution in [-0.4, -0.2) is 12.1 Å². The maximum atomic E-state index is 11.6. The van der Waals surface area contributed by atoms with Gasteiger partial charge in [0.1, 0.15) is 0 Å². The minimum atomic E-state index is 0.00214. The number of amides is 1. The van der Waals surface area contributed by atoms with Gasteiger partial charge in [0.05, 0.1) is 0 Å². The van der Waals surface area contributed by atoms with Gasteiger partial charge in [-0.3, -0.25) is 4.79 Å². The number of allylic oxidation sites excluding steroid dienone is 1. The molecular weight excluding hydrogens is 296 g/mol. The summed E-state index contributed by atoms with van der Waals surface area (Å²) in [5.74, 6) is 0.00214. The van der Waals surface area contributed by atoms with E-state index in [-0.39, 0.29) is 5.91 Å². The zero-order valence-electron chi connectivity index (χ0n) is 15.0. The molecule has 132 valence electrons. The molecule has 1 aromatic rings. The smallest absolute Gasteiger partial charge is 0.240 e. The van der Waals surface area contributed by atoms with Gasteiger partial charge < -0.3 is 0 Å². The summed E-state index contributed by atoms with van der Waals surface area (Å²) in [6, 6.07) is 10.0. The molecule has 3 nitrogen and oxygen atoms in total. The Balaban J connectivity index is 1.96. The SMILES string of the molecule is CCCCCCCCCCCC(=O)N/N=C/C=C/c1ccccc1. The van der Waals surface area contributed by atoms with Gasteiger partial charge in [0.2, 0.25) is 5.91 Å². The molecule has 3 heteroatoms. The molecule has 1 amide bonds. The number of hydrogen-bond donors (Lipinski definition) is 1. The molecule has 0 unspecified atom stereocenters. The summed E-state index contributed by atoms with van der Waals surface area (Å²) in [5, 5.41) is 3.93. The number of unbranched alkanes of at least 4 members (excludes halogenated alkanes) is 8. The number of benzene rings is 1. The number of rotatable bonds is 13. The van der Waals surface area contributed by atoms with Crippen molar-refractivity contribution in [3.8, 4) is 0 Å². The van der Waals surface area contributed by atoms with Gasteiger partial charge in [0.15, 0.2) is 0 Å². The quantitative estimate of drug-likeness (QED) is 0.281. The first-order chi connectivity index (χ1) is 11.8. The van der Waals surface area contributed by atoms with Gasteiger partial charge in [-0.25, -0.2) is 5.43 Å². The van der Waals surface area contributed by atoms with Crippen molar-refractivity contribution in [2.75, 3.05) is 0 Å². The van der Waals surface area contributed by atoms with Crippen LogP contribution in [0.3, 0.4) is 0 Å². The number of hydrazone groups is 1. The summed E-state index contributed by atoms with van der Waals surface area (Å²) < 4.78 is 0. The average molecular weight is 329 g/mol. The van der Waals surface area contributed by atoms with Gasteiger partial charge in [0, 0.05) is 12.6 Å². The topological polar surface area (TPSA) is 41.5 Å². The molecule has 0 aliphatic rings. The molecule has 0 saturated heterocycles. The molecule has 0 heterocycles. The van der Waals surface area contributed by atoms with Crippen LogP contribution in [0.25, 0.3) is 6.08 Å². The summed E-state index contributed by atoms with van der Waals surface area (Å²) in [6.07, 6.45) is 17.3. The highest BCUT2D eigenvalue weighted by atomic mass is 16.2. The third-order valence-corrected chi connectivity index (χ3v) is 3.95. The molecule has 0 bridgehead atoms. The van der Waals surface area contributed by atoms with Crippen molar-refractivity contribution in [3.63, 3.8) is 0 Å². The standard InChI is InChI=1S/C21H32N2O/c1-2-3-4-5-6-7-8-9-13-18-21(24)23-22-19-14-17-20-15-11-10-12-16-20/h10-12,14-17,19H,2-9,13,18H2,1H3,(H,23,24)/b17-14+,22-19+. The molecule has 0 fully saturated rings. The Labute approximate surface area is 147 Å². The number of carbonyl (C=O) groups excluding carboxylic acids is 1. The van der Waals surface area contributed by atoms with Crippen LogP contribution in [0.4, 0.5) is 0 Å². The molecule has 0 radical (unpaired) electrons.